The lowest BCUT2D eigenvalue weighted by molar-refractivity contribution is -0.139. The molecule has 0 bridgehead atoms. The highest BCUT2D eigenvalue weighted by Crippen LogP contribution is 2.25. The highest BCUT2D eigenvalue weighted by molar-refractivity contribution is 6.05. The maximum atomic E-state index is 14.3. The van der Waals surface area contributed by atoms with E-state index in [4.69, 9.17) is 0 Å². The number of anilines is 1. The Hall–Kier alpha value is -2.28. The van der Waals surface area contributed by atoms with Gasteiger partial charge < -0.3 is 4.90 Å². The first-order valence-electron chi connectivity index (χ1n) is 8.56. The predicted octanol–water partition coefficient (Wildman–Crippen LogP) is 1.30. The smallest absolute Gasteiger partial charge is 0.247 e. The molecule has 1 unspecified atom stereocenters. The van der Waals surface area contributed by atoms with Gasteiger partial charge in [-0.1, -0.05) is 0 Å². The van der Waals surface area contributed by atoms with Gasteiger partial charge in [0.25, 0.3) is 0 Å². The maximum Gasteiger partial charge on any atom is 0.247 e. The van der Waals surface area contributed by atoms with E-state index in [2.05, 4.69) is 0 Å². The summed E-state index contributed by atoms with van der Waals surface area (Å²) in [4.78, 5) is 40.7. The van der Waals surface area contributed by atoms with Crippen LogP contribution in [0.25, 0.3) is 0 Å². The Bertz CT molecular complexity index is 714. The van der Waals surface area contributed by atoms with Gasteiger partial charge >= 0.3 is 0 Å². The van der Waals surface area contributed by atoms with Gasteiger partial charge in [-0.2, -0.15) is 0 Å². The number of benzene rings is 1. The number of likely N-dealkylation sites (tertiary alicyclic amines) is 1. The molecule has 1 aromatic rings. The largest absolute Gasteiger partial charge is 0.367 e. The summed E-state index contributed by atoms with van der Waals surface area (Å²) in [5, 5.41) is 0. The molecule has 2 saturated heterocycles. The van der Waals surface area contributed by atoms with Gasteiger partial charge in [0.15, 0.2) is 5.78 Å². The van der Waals surface area contributed by atoms with Gasteiger partial charge in [-0.15, -0.1) is 0 Å². The topological polar surface area (TPSA) is 60.9 Å². The summed E-state index contributed by atoms with van der Waals surface area (Å²) in [6, 6.07) is 4.14. The van der Waals surface area contributed by atoms with Gasteiger partial charge in [0, 0.05) is 38.3 Å². The minimum absolute atomic E-state index is 0.120. The van der Waals surface area contributed by atoms with Gasteiger partial charge in [-0.3, -0.25) is 24.2 Å². The second-order valence-electron chi connectivity index (χ2n) is 6.44. The highest BCUT2D eigenvalue weighted by Gasteiger charge is 2.41. The van der Waals surface area contributed by atoms with Crippen LogP contribution in [-0.2, 0) is 9.59 Å². The normalized spacial score (nSPS) is 22.0. The number of ketones is 1. The van der Waals surface area contributed by atoms with Crippen molar-refractivity contribution in [3.8, 4) is 0 Å². The third kappa shape index (κ3) is 3.28. The summed E-state index contributed by atoms with van der Waals surface area (Å²) in [7, 11) is 0. The molecular formula is C18H22FN3O3. The zero-order valence-electron chi connectivity index (χ0n) is 14.5. The third-order valence-electron chi connectivity index (χ3n) is 4.99. The molecule has 0 radical (unpaired) electrons. The Balaban J connectivity index is 1.66. The second-order valence-corrected chi connectivity index (χ2v) is 6.44. The van der Waals surface area contributed by atoms with Gasteiger partial charge in [0.05, 0.1) is 18.2 Å². The lowest BCUT2D eigenvalue weighted by atomic mass is 10.1. The van der Waals surface area contributed by atoms with Gasteiger partial charge in [-0.25, -0.2) is 4.39 Å². The van der Waals surface area contributed by atoms with Crippen molar-refractivity contribution in [2.75, 3.05) is 37.6 Å². The zero-order chi connectivity index (χ0) is 18.1. The first-order chi connectivity index (χ1) is 11.9. The zero-order valence-corrected chi connectivity index (χ0v) is 14.5. The fourth-order valence-electron chi connectivity index (χ4n) is 3.54. The van der Waals surface area contributed by atoms with Crippen molar-refractivity contribution in [3.63, 3.8) is 0 Å². The summed E-state index contributed by atoms with van der Waals surface area (Å²) in [6.45, 7) is 5.93. The Morgan fingerprint density at radius 1 is 1.20 bits per heavy atom. The minimum Gasteiger partial charge on any atom is -0.367 e. The number of halogens is 1. The molecule has 2 fully saturated rings. The van der Waals surface area contributed by atoms with E-state index in [1.54, 1.807) is 19.1 Å². The van der Waals surface area contributed by atoms with Crippen molar-refractivity contribution in [2.24, 2.45) is 0 Å². The summed E-state index contributed by atoms with van der Waals surface area (Å²) in [5.74, 6) is -0.825. The van der Waals surface area contributed by atoms with E-state index in [1.807, 2.05) is 9.80 Å². The molecule has 3 rings (SSSR count). The fourth-order valence-corrected chi connectivity index (χ4v) is 3.54. The van der Waals surface area contributed by atoms with Gasteiger partial charge in [0.2, 0.25) is 11.8 Å². The van der Waals surface area contributed by atoms with E-state index in [0.717, 1.165) is 0 Å². The minimum atomic E-state index is -0.412. The summed E-state index contributed by atoms with van der Waals surface area (Å²) in [6.07, 6.45) is 0.230. The molecule has 1 atom stereocenters. The monoisotopic (exact) mass is 347 g/mol. The maximum absolute atomic E-state index is 14.3. The molecule has 6 nitrogen and oxygen atoms in total. The highest BCUT2D eigenvalue weighted by atomic mass is 19.1. The van der Waals surface area contributed by atoms with Crippen LogP contribution in [0, 0.1) is 5.82 Å². The van der Waals surface area contributed by atoms with Crippen molar-refractivity contribution in [3.05, 3.63) is 29.6 Å². The molecule has 0 saturated carbocycles. The van der Waals surface area contributed by atoms with Crippen LogP contribution < -0.4 is 4.90 Å². The molecule has 2 aliphatic rings. The van der Waals surface area contributed by atoms with E-state index in [-0.39, 0.29) is 30.1 Å². The van der Waals surface area contributed by atoms with Gasteiger partial charge in [-0.05, 0) is 32.0 Å². The number of carbonyl (C=O) groups is 3. The number of hydrogen-bond donors (Lipinski definition) is 0. The molecule has 0 aliphatic carbocycles. The van der Waals surface area contributed by atoms with Crippen molar-refractivity contribution in [1.82, 2.24) is 9.80 Å². The van der Waals surface area contributed by atoms with Crippen LogP contribution >= 0.6 is 0 Å². The van der Waals surface area contributed by atoms with Crippen LogP contribution in [0.15, 0.2) is 18.2 Å². The van der Waals surface area contributed by atoms with Crippen molar-refractivity contribution in [2.45, 2.75) is 26.3 Å². The lowest BCUT2D eigenvalue weighted by Crippen LogP contribution is -2.52. The molecule has 2 heterocycles. The Labute approximate surface area is 146 Å². The van der Waals surface area contributed by atoms with Gasteiger partial charge in [0.1, 0.15) is 5.82 Å². The van der Waals surface area contributed by atoms with Crippen LogP contribution in [0.3, 0.4) is 0 Å². The quantitative estimate of drug-likeness (QED) is 0.607. The number of amides is 2. The number of carbonyl (C=O) groups excluding carboxylic acids is 3. The standard InChI is InChI=1S/C18H22FN3O3/c1-3-22-17(24)11-16(18(22)25)21-8-6-20(7-9-21)15-5-4-13(12(2)23)10-14(15)19/h4-5,10,16H,3,6-9,11H2,1-2H3. The number of hydrogen-bond acceptors (Lipinski definition) is 5. The first-order valence-corrected chi connectivity index (χ1v) is 8.56. The lowest BCUT2D eigenvalue weighted by Gasteiger charge is -2.38. The molecule has 1 aromatic carbocycles. The molecule has 0 aromatic heterocycles. The van der Waals surface area contributed by atoms with Crippen molar-refractivity contribution >= 4 is 23.3 Å². The number of piperazine rings is 1. The van der Waals surface area contributed by atoms with E-state index in [1.165, 1.54) is 17.9 Å². The second kappa shape index (κ2) is 6.92. The fraction of sp³-hybridized carbons (Fsp3) is 0.500. The summed E-state index contributed by atoms with van der Waals surface area (Å²) >= 11 is 0. The summed E-state index contributed by atoms with van der Waals surface area (Å²) in [5.41, 5.74) is 0.822. The third-order valence-corrected chi connectivity index (χ3v) is 4.99. The average Bonchev–Trinajstić information content (AvgIpc) is 2.88. The van der Waals surface area contributed by atoms with E-state index < -0.39 is 5.82 Å². The molecule has 7 heteroatoms. The number of Topliss-reactive ketones (excluding diaryl/α,β-unsaturated/α-hetero) is 1. The summed E-state index contributed by atoms with van der Waals surface area (Å²) < 4.78 is 14.3. The molecule has 0 spiro atoms. The van der Waals surface area contributed by atoms with E-state index >= 15 is 0 Å². The van der Waals surface area contributed by atoms with E-state index in [0.29, 0.717) is 44.0 Å². The molecule has 134 valence electrons. The van der Waals surface area contributed by atoms with Crippen molar-refractivity contribution in [1.29, 1.82) is 0 Å². The number of rotatable bonds is 4. The SMILES string of the molecule is CCN1C(=O)CC(N2CCN(c3ccc(C(C)=O)cc3F)CC2)C1=O. The number of nitrogens with zero attached hydrogens (tertiary/aromatic N) is 3. The number of imide groups is 1. The van der Waals surface area contributed by atoms with Crippen molar-refractivity contribution < 1.29 is 18.8 Å². The van der Waals surface area contributed by atoms with E-state index in [9.17, 15) is 18.8 Å². The molecule has 2 aliphatic heterocycles. The Morgan fingerprint density at radius 3 is 2.40 bits per heavy atom. The van der Waals surface area contributed by atoms with Crippen LogP contribution in [0.4, 0.5) is 10.1 Å². The molecule has 25 heavy (non-hydrogen) atoms. The van der Waals surface area contributed by atoms with Crippen LogP contribution in [0.5, 0.6) is 0 Å². The average molecular weight is 347 g/mol. The van der Waals surface area contributed by atoms with Crippen LogP contribution in [0.1, 0.15) is 30.6 Å². The molecule has 2 amide bonds. The Kier molecular flexibility index (Phi) is 4.85. The predicted molar refractivity (Wildman–Crippen MR) is 91.0 cm³/mol. The molecule has 0 N–H and O–H groups in total. The Morgan fingerprint density at radius 2 is 1.88 bits per heavy atom. The van der Waals surface area contributed by atoms with Crippen LogP contribution in [0.2, 0.25) is 0 Å². The number of likely N-dealkylation sites (N-methyl/N-ethyl adjacent to an activating group) is 1. The van der Waals surface area contributed by atoms with Crippen LogP contribution in [-0.4, -0.2) is 66.2 Å². The molecular weight excluding hydrogens is 325 g/mol. The first kappa shape index (κ1) is 17.5.